The average Bonchev–Trinajstić information content (AvgIpc) is 3.00. The van der Waals surface area contributed by atoms with Crippen LogP contribution in [-0.2, 0) is 19.1 Å². The minimum Gasteiger partial charge on any atom is -0.477 e. The normalized spacial score (nSPS) is 20.5. The van der Waals surface area contributed by atoms with Crippen molar-refractivity contribution in [1.29, 1.82) is 0 Å². The number of carboxylic acids is 1. The number of hydrogen-bond donors (Lipinski definition) is 1. The SMILES string of the molecule is O=CCCC(=O)OCC1CCC([n+]2cccc(C(=O)O)c2)O1. The summed E-state index contributed by atoms with van der Waals surface area (Å²) in [5.41, 5.74) is 0.190. The van der Waals surface area contributed by atoms with Crippen LogP contribution < -0.4 is 4.57 Å². The number of esters is 1. The highest BCUT2D eigenvalue weighted by Gasteiger charge is 2.32. The zero-order chi connectivity index (χ0) is 15.9. The Hall–Kier alpha value is -2.28. The Kier molecular flexibility index (Phi) is 5.60. The van der Waals surface area contributed by atoms with E-state index in [4.69, 9.17) is 14.6 Å². The maximum atomic E-state index is 11.3. The fourth-order valence-electron chi connectivity index (χ4n) is 2.26. The van der Waals surface area contributed by atoms with Crippen molar-refractivity contribution in [1.82, 2.24) is 0 Å². The van der Waals surface area contributed by atoms with Gasteiger partial charge >= 0.3 is 11.9 Å². The summed E-state index contributed by atoms with van der Waals surface area (Å²) in [6.45, 7) is 0.146. The van der Waals surface area contributed by atoms with Crippen LogP contribution in [0.1, 0.15) is 42.3 Å². The van der Waals surface area contributed by atoms with Gasteiger partial charge in [0.2, 0.25) is 0 Å². The molecule has 1 aliphatic rings. The molecule has 7 heteroatoms. The second-order valence-electron chi connectivity index (χ2n) is 5.02. The summed E-state index contributed by atoms with van der Waals surface area (Å²) in [4.78, 5) is 32.5. The highest BCUT2D eigenvalue weighted by Crippen LogP contribution is 2.24. The van der Waals surface area contributed by atoms with Gasteiger partial charge in [0, 0.05) is 18.9 Å². The molecule has 0 amide bonds. The number of aldehydes is 1. The molecule has 22 heavy (non-hydrogen) atoms. The number of carbonyl (C=O) groups is 3. The van der Waals surface area contributed by atoms with Gasteiger partial charge in [-0.3, -0.25) is 4.79 Å². The molecule has 2 rings (SSSR count). The van der Waals surface area contributed by atoms with Crippen LogP contribution in [-0.4, -0.2) is 36.0 Å². The average molecular weight is 308 g/mol. The molecule has 1 aromatic rings. The Labute approximate surface area is 127 Å². The van der Waals surface area contributed by atoms with Crippen LogP contribution in [0, 0.1) is 0 Å². The molecule has 0 spiro atoms. The molecule has 1 N–H and O–H groups in total. The molecule has 0 saturated carbocycles. The van der Waals surface area contributed by atoms with Crippen molar-refractivity contribution in [2.75, 3.05) is 6.61 Å². The lowest BCUT2D eigenvalue weighted by Crippen LogP contribution is -2.40. The first-order valence-corrected chi connectivity index (χ1v) is 7.09. The quantitative estimate of drug-likeness (QED) is 0.456. The molecular weight excluding hydrogens is 290 g/mol. The predicted molar refractivity (Wildman–Crippen MR) is 73.0 cm³/mol. The minimum absolute atomic E-state index is 0.0784. The zero-order valence-corrected chi connectivity index (χ0v) is 12.0. The van der Waals surface area contributed by atoms with Gasteiger partial charge in [-0.2, -0.15) is 4.57 Å². The van der Waals surface area contributed by atoms with Crippen molar-refractivity contribution in [3.05, 3.63) is 30.1 Å². The zero-order valence-electron chi connectivity index (χ0n) is 12.0. The second-order valence-corrected chi connectivity index (χ2v) is 5.02. The summed E-state index contributed by atoms with van der Waals surface area (Å²) in [5, 5.41) is 8.98. The topological polar surface area (TPSA) is 93.8 Å². The molecule has 118 valence electrons. The first kappa shape index (κ1) is 16.1. The maximum Gasteiger partial charge on any atom is 0.341 e. The van der Waals surface area contributed by atoms with E-state index >= 15 is 0 Å². The lowest BCUT2D eigenvalue weighted by atomic mass is 10.2. The molecule has 1 saturated heterocycles. The number of carboxylic acid groups (broad SMARTS) is 1. The van der Waals surface area contributed by atoms with Crippen LogP contribution in [0.4, 0.5) is 0 Å². The fraction of sp³-hybridized carbons (Fsp3) is 0.467. The third-order valence-corrected chi connectivity index (χ3v) is 3.38. The number of hydrogen-bond acceptors (Lipinski definition) is 5. The van der Waals surface area contributed by atoms with Gasteiger partial charge in [0.05, 0.1) is 12.5 Å². The van der Waals surface area contributed by atoms with Crippen LogP contribution in [0.15, 0.2) is 24.5 Å². The number of rotatable bonds is 7. The molecule has 1 fully saturated rings. The van der Waals surface area contributed by atoms with Crippen molar-refractivity contribution >= 4 is 18.2 Å². The highest BCUT2D eigenvalue weighted by molar-refractivity contribution is 5.86. The molecular formula is C15H18NO6+. The molecule has 0 bridgehead atoms. The van der Waals surface area contributed by atoms with Crippen molar-refractivity contribution in [2.45, 2.75) is 38.0 Å². The van der Waals surface area contributed by atoms with Crippen molar-refractivity contribution in [3.63, 3.8) is 0 Å². The van der Waals surface area contributed by atoms with E-state index in [1.54, 1.807) is 16.8 Å². The molecule has 0 radical (unpaired) electrons. The summed E-state index contributed by atoms with van der Waals surface area (Å²) in [5.74, 6) is -1.41. The van der Waals surface area contributed by atoms with Crippen LogP contribution >= 0.6 is 0 Å². The van der Waals surface area contributed by atoms with Gasteiger partial charge in [0.15, 0.2) is 12.4 Å². The summed E-state index contributed by atoms with van der Waals surface area (Å²) in [6.07, 6.45) is 5.13. The van der Waals surface area contributed by atoms with Gasteiger partial charge < -0.3 is 19.4 Å². The van der Waals surface area contributed by atoms with Gasteiger partial charge in [-0.15, -0.1) is 0 Å². The highest BCUT2D eigenvalue weighted by atomic mass is 16.6. The second kappa shape index (κ2) is 7.65. The summed E-state index contributed by atoms with van der Waals surface area (Å²) in [6, 6.07) is 3.17. The van der Waals surface area contributed by atoms with E-state index in [1.807, 2.05) is 0 Å². The van der Waals surface area contributed by atoms with E-state index in [0.717, 1.165) is 6.42 Å². The first-order chi connectivity index (χ1) is 10.6. The molecule has 2 atom stereocenters. The monoisotopic (exact) mass is 308 g/mol. The number of ether oxygens (including phenoxy) is 2. The third kappa shape index (κ3) is 4.36. The standard InChI is InChI=1S/C15H17NO6/c17-8-2-4-14(18)21-10-12-5-6-13(22-12)16-7-1-3-11(9-16)15(19)20/h1,3,7-9,12-13H,2,4-6,10H2/p+1. The molecule has 7 nitrogen and oxygen atoms in total. The third-order valence-electron chi connectivity index (χ3n) is 3.38. The predicted octanol–water partition coefficient (Wildman–Crippen LogP) is 0.872. The molecule has 2 unspecified atom stereocenters. The van der Waals surface area contributed by atoms with Gasteiger partial charge in [-0.05, 0) is 12.5 Å². The van der Waals surface area contributed by atoms with Crippen LogP contribution in [0.25, 0.3) is 0 Å². The molecule has 0 aliphatic carbocycles. The van der Waals surface area contributed by atoms with E-state index in [-0.39, 0.29) is 37.3 Å². The first-order valence-electron chi connectivity index (χ1n) is 7.09. The van der Waals surface area contributed by atoms with E-state index in [9.17, 15) is 14.4 Å². The molecule has 0 aromatic carbocycles. The summed E-state index contributed by atoms with van der Waals surface area (Å²) < 4.78 is 12.5. The molecule has 2 heterocycles. The Bertz CT molecular complexity index is 559. The Morgan fingerprint density at radius 1 is 1.45 bits per heavy atom. The molecule has 1 aromatic heterocycles. The lowest BCUT2D eigenvalue weighted by molar-refractivity contribution is -0.759. The van der Waals surface area contributed by atoms with Gasteiger partial charge in [0.1, 0.15) is 18.5 Å². The van der Waals surface area contributed by atoms with E-state index in [0.29, 0.717) is 12.7 Å². The number of pyridine rings is 1. The Morgan fingerprint density at radius 3 is 3.00 bits per heavy atom. The summed E-state index contributed by atoms with van der Waals surface area (Å²) in [7, 11) is 0. The largest absolute Gasteiger partial charge is 0.477 e. The van der Waals surface area contributed by atoms with Crippen molar-refractivity contribution in [3.8, 4) is 0 Å². The summed E-state index contributed by atoms with van der Waals surface area (Å²) >= 11 is 0. The van der Waals surface area contributed by atoms with E-state index in [2.05, 4.69) is 0 Å². The smallest absolute Gasteiger partial charge is 0.341 e. The molecule has 1 aliphatic heterocycles. The van der Waals surface area contributed by atoms with Gasteiger partial charge in [0.25, 0.3) is 6.23 Å². The Balaban J connectivity index is 1.85. The fourth-order valence-corrected chi connectivity index (χ4v) is 2.26. The number of carbonyl (C=O) groups excluding carboxylic acids is 2. The van der Waals surface area contributed by atoms with Crippen LogP contribution in [0.5, 0.6) is 0 Å². The maximum absolute atomic E-state index is 11.3. The van der Waals surface area contributed by atoms with Crippen molar-refractivity contribution in [2.24, 2.45) is 0 Å². The van der Waals surface area contributed by atoms with Gasteiger partial charge in [-0.1, -0.05) is 0 Å². The van der Waals surface area contributed by atoms with Gasteiger partial charge in [-0.25, -0.2) is 4.79 Å². The van der Waals surface area contributed by atoms with E-state index < -0.39 is 11.9 Å². The Morgan fingerprint density at radius 2 is 2.27 bits per heavy atom. The minimum atomic E-state index is -0.993. The number of aromatic nitrogens is 1. The van der Waals surface area contributed by atoms with Crippen LogP contribution in [0.3, 0.4) is 0 Å². The van der Waals surface area contributed by atoms with Crippen LogP contribution in [0.2, 0.25) is 0 Å². The lowest BCUT2D eigenvalue weighted by Gasteiger charge is -2.11. The van der Waals surface area contributed by atoms with Crippen molar-refractivity contribution < 1.29 is 33.5 Å². The number of nitrogens with zero attached hydrogens (tertiary/aromatic N) is 1. The van der Waals surface area contributed by atoms with E-state index in [1.165, 1.54) is 12.3 Å². The number of aromatic carboxylic acids is 1.